The smallest absolute Gasteiger partial charge is 0.278 e. The number of halogens is 1. The fourth-order valence-corrected chi connectivity index (χ4v) is 3.17. The molecule has 0 unspecified atom stereocenters. The van der Waals surface area contributed by atoms with Gasteiger partial charge in [-0.3, -0.25) is 10.1 Å². The molecule has 31 heavy (non-hydrogen) atoms. The van der Waals surface area contributed by atoms with E-state index in [2.05, 4.69) is 20.5 Å². The molecule has 8 nitrogen and oxygen atoms in total. The second kappa shape index (κ2) is 9.01. The van der Waals surface area contributed by atoms with Crippen LogP contribution >= 0.6 is 11.6 Å². The lowest BCUT2D eigenvalue weighted by Crippen LogP contribution is -2.15. The number of nitrogens with zero attached hydrogens (tertiary/aromatic N) is 5. The molecule has 4 rings (SSSR count). The second-order valence-electron chi connectivity index (χ2n) is 7.13. The van der Waals surface area contributed by atoms with Gasteiger partial charge in [-0.15, -0.1) is 5.10 Å². The van der Waals surface area contributed by atoms with Crippen LogP contribution < -0.4 is 10.1 Å². The van der Waals surface area contributed by atoms with Crippen molar-refractivity contribution in [2.45, 2.75) is 27.1 Å². The number of amides is 1. The van der Waals surface area contributed by atoms with Gasteiger partial charge in [-0.1, -0.05) is 41.4 Å². The molecule has 1 N–H and O–H groups in total. The lowest BCUT2D eigenvalue weighted by atomic mass is 10.1. The van der Waals surface area contributed by atoms with Gasteiger partial charge in [0.1, 0.15) is 12.1 Å². The van der Waals surface area contributed by atoms with Crippen molar-refractivity contribution in [1.82, 2.24) is 24.5 Å². The van der Waals surface area contributed by atoms with E-state index in [9.17, 15) is 4.79 Å². The first-order valence-corrected chi connectivity index (χ1v) is 10.0. The van der Waals surface area contributed by atoms with E-state index in [1.54, 1.807) is 35.4 Å². The highest BCUT2D eigenvalue weighted by Crippen LogP contribution is 2.22. The van der Waals surface area contributed by atoms with Crippen molar-refractivity contribution in [3.8, 4) is 5.75 Å². The maximum Gasteiger partial charge on any atom is 0.278 e. The third-order valence-electron chi connectivity index (χ3n) is 4.59. The molecule has 2 aromatic heterocycles. The summed E-state index contributed by atoms with van der Waals surface area (Å²) in [6.07, 6.45) is 3.25. The summed E-state index contributed by atoms with van der Waals surface area (Å²) in [6.45, 7) is 4.69. The molecule has 0 aliphatic rings. The van der Waals surface area contributed by atoms with Crippen molar-refractivity contribution in [3.05, 3.63) is 88.5 Å². The van der Waals surface area contributed by atoms with Gasteiger partial charge in [-0.25, -0.2) is 14.3 Å². The number of hydrogen-bond acceptors (Lipinski definition) is 5. The third kappa shape index (κ3) is 5.29. The van der Waals surface area contributed by atoms with E-state index in [-0.39, 0.29) is 18.4 Å². The number of rotatable bonds is 7. The Hall–Kier alpha value is -3.65. The summed E-state index contributed by atoms with van der Waals surface area (Å²) < 4.78 is 8.94. The number of aryl methyl sites for hydroxylation is 2. The first-order chi connectivity index (χ1) is 15.0. The van der Waals surface area contributed by atoms with E-state index in [1.807, 2.05) is 44.2 Å². The van der Waals surface area contributed by atoms with Crippen molar-refractivity contribution in [1.29, 1.82) is 0 Å². The lowest BCUT2D eigenvalue weighted by molar-refractivity contribution is 0.101. The fraction of sp³-hybridized carbons (Fsp3) is 0.182. The summed E-state index contributed by atoms with van der Waals surface area (Å²) in [7, 11) is 0. The maximum atomic E-state index is 12.5. The van der Waals surface area contributed by atoms with Gasteiger partial charge in [-0.05, 0) is 49.2 Å². The summed E-state index contributed by atoms with van der Waals surface area (Å²) in [5, 5.41) is 11.9. The van der Waals surface area contributed by atoms with Crippen molar-refractivity contribution in [2.75, 3.05) is 5.32 Å². The van der Waals surface area contributed by atoms with E-state index < -0.39 is 5.91 Å². The predicted octanol–water partition coefficient (Wildman–Crippen LogP) is 4.08. The summed E-state index contributed by atoms with van der Waals surface area (Å²) >= 11 is 5.96. The summed E-state index contributed by atoms with van der Waals surface area (Å²) in [5.74, 6) is 0.531. The van der Waals surface area contributed by atoms with Crippen LogP contribution in [0.3, 0.4) is 0 Å². The number of carbonyl (C=O) groups is 1. The van der Waals surface area contributed by atoms with Crippen LogP contribution in [0.2, 0.25) is 5.02 Å². The molecule has 0 bridgehead atoms. The van der Waals surface area contributed by atoms with Gasteiger partial charge in [0, 0.05) is 11.2 Å². The second-order valence-corrected chi connectivity index (χ2v) is 7.57. The number of hydrogen-bond donors (Lipinski definition) is 1. The molecule has 9 heteroatoms. The Morgan fingerprint density at radius 2 is 1.87 bits per heavy atom. The molecule has 0 fully saturated rings. The molecule has 2 aromatic carbocycles. The van der Waals surface area contributed by atoms with Crippen molar-refractivity contribution in [2.24, 2.45) is 0 Å². The zero-order chi connectivity index (χ0) is 21.8. The topological polar surface area (TPSA) is 86.9 Å². The van der Waals surface area contributed by atoms with Gasteiger partial charge in [0.25, 0.3) is 5.91 Å². The molecule has 0 saturated carbocycles. The molecule has 0 radical (unpaired) electrons. The Balaban J connectivity index is 1.33. The van der Waals surface area contributed by atoms with Gasteiger partial charge in [0.05, 0.1) is 6.54 Å². The van der Waals surface area contributed by atoms with Crippen molar-refractivity contribution in [3.63, 3.8) is 0 Å². The summed E-state index contributed by atoms with van der Waals surface area (Å²) in [4.78, 5) is 16.6. The standard InChI is InChI=1S/C22H21ClN6O2/c1-15-3-5-17(6-4-15)12-29-13-24-22(27-29)25-21(30)19-9-10-28(26-19)14-31-20-8-7-18(23)11-16(20)2/h3-11,13H,12,14H2,1-2H3,(H,25,27,30). The maximum absolute atomic E-state index is 12.5. The van der Waals surface area contributed by atoms with Gasteiger partial charge >= 0.3 is 0 Å². The van der Waals surface area contributed by atoms with Gasteiger partial charge in [-0.2, -0.15) is 5.10 Å². The van der Waals surface area contributed by atoms with Crippen molar-refractivity contribution < 1.29 is 9.53 Å². The number of nitrogens with one attached hydrogen (secondary N) is 1. The summed E-state index contributed by atoms with van der Waals surface area (Å²) in [6, 6.07) is 15.2. The first kappa shape index (κ1) is 20.6. The van der Waals surface area contributed by atoms with Gasteiger partial charge in [0.15, 0.2) is 12.4 Å². The Morgan fingerprint density at radius 3 is 2.65 bits per heavy atom. The SMILES string of the molecule is Cc1ccc(Cn2cnc(NC(=O)c3ccn(COc4ccc(Cl)cc4C)n3)n2)cc1. The minimum atomic E-state index is -0.394. The predicted molar refractivity (Wildman–Crippen MR) is 117 cm³/mol. The van der Waals surface area contributed by atoms with Gasteiger partial charge in [0.2, 0.25) is 5.95 Å². The van der Waals surface area contributed by atoms with Crippen LogP contribution in [0.4, 0.5) is 5.95 Å². The van der Waals surface area contributed by atoms with E-state index in [4.69, 9.17) is 16.3 Å². The van der Waals surface area contributed by atoms with Crippen molar-refractivity contribution >= 4 is 23.5 Å². The fourth-order valence-electron chi connectivity index (χ4n) is 2.94. The Kier molecular flexibility index (Phi) is 5.99. The molecule has 0 atom stereocenters. The number of carbonyl (C=O) groups excluding carboxylic acids is 1. The largest absolute Gasteiger partial charge is 0.471 e. The zero-order valence-corrected chi connectivity index (χ0v) is 17.9. The van der Waals surface area contributed by atoms with Crippen LogP contribution in [0.25, 0.3) is 0 Å². The lowest BCUT2D eigenvalue weighted by Gasteiger charge is -2.09. The quantitative estimate of drug-likeness (QED) is 0.471. The van der Waals surface area contributed by atoms with Gasteiger partial charge < -0.3 is 4.74 Å². The Labute approximate surface area is 184 Å². The third-order valence-corrected chi connectivity index (χ3v) is 4.82. The van der Waals surface area contributed by atoms with E-state index in [0.717, 1.165) is 11.1 Å². The molecular formula is C22H21ClN6O2. The number of aromatic nitrogens is 5. The van der Waals surface area contributed by atoms with E-state index in [0.29, 0.717) is 17.3 Å². The molecule has 2 heterocycles. The minimum absolute atomic E-state index is 0.166. The van der Waals surface area contributed by atoms with Crippen LogP contribution in [0.5, 0.6) is 5.75 Å². The normalized spacial score (nSPS) is 10.8. The number of ether oxygens (including phenoxy) is 1. The number of anilines is 1. The molecule has 0 saturated heterocycles. The molecule has 4 aromatic rings. The van der Waals surface area contributed by atoms with Crippen LogP contribution in [0, 0.1) is 13.8 Å². The van der Waals surface area contributed by atoms with E-state index >= 15 is 0 Å². The highest BCUT2D eigenvalue weighted by molar-refractivity contribution is 6.30. The van der Waals surface area contributed by atoms with E-state index in [1.165, 1.54) is 10.2 Å². The Bertz CT molecular complexity index is 1200. The highest BCUT2D eigenvalue weighted by Gasteiger charge is 2.13. The van der Waals surface area contributed by atoms with Crippen LogP contribution in [-0.2, 0) is 13.3 Å². The van der Waals surface area contributed by atoms with Crippen LogP contribution in [-0.4, -0.2) is 30.5 Å². The average Bonchev–Trinajstić information content (AvgIpc) is 3.39. The average molecular weight is 437 g/mol. The molecule has 0 spiro atoms. The minimum Gasteiger partial charge on any atom is -0.471 e. The molecule has 0 aliphatic heterocycles. The van der Waals surface area contributed by atoms with Crippen LogP contribution in [0.15, 0.2) is 61.1 Å². The molecular weight excluding hydrogens is 416 g/mol. The zero-order valence-electron chi connectivity index (χ0n) is 17.1. The summed E-state index contributed by atoms with van der Waals surface area (Å²) in [5.41, 5.74) is 3.46. The van der Waals surface area contributed by atoms with Crippen LogP contribution in [0.1, 0.15) is 27.2 Å². The monoisotopic (exact) mass is 436 g/mol. The highest BCUT2D eigenvalue weighted by atomic mass is 35.5. The molecule has 1 amide bonds. The Morgan fingerprint density at radius 1 is 1.06 bits per heavy atom. The molecule has 0 aliphatic carbocycles. The number of benzene rings is 2. The molecule has 158 valence electrons. The first-order valence-electron chi connectivity index (χ1n) is 9.65.